The Balaban J connectivity index is 2.05. The summed E-state index contributed by atoms with van der Waals surface area (Å²) in [5.74, 6) is 0.129. The van der Waals surface area contributed by atoms with E-state index in [2.05, 4.69) is 15.0 Å². The van der Waals surface area contributed by atoms with Gasteiger partial charge in [-0.05, 0) is 43.7 Å². The van der Waals surface area contributed by atoms with Gasteiger partial charge < -0.3 is 4.57 Å². The van der Waals surface area contributed by atoms with Gasteiger partial charge in [0.1, 0.15) is 16.8 Å². The summed E-state index contributed by atoms with van der Waals surface area (Å²) >= 11 is 5.99. The van der Waals surface area contributed by atoms with E-state index < -0.39 is 11.2 Å². The third-order valence-electron chi connectivity index (χ3n) is 4.75. The number of aromatic nitrogens is 5. The first-order valence-corrected chi connectivity index (χ1v) is 9.38. The van der Waals surface area contributed by atoms with Gasteiger partial charge >= 0.3 is 5.69 Å². The minimum atomic E-state index is -0.532. The van der Waals surface area contributed by atoms with E-state index in [1.165, 1.54) is 16.7 Å². The summed E-state index contributed by atoms with van der Waals surface area (Å²) in [5.41, 5.74) is 1.59. The highest BCUT2D eigenvalue weighted by Gasteiger charge is 2.21. The van der Waals surface area contributed by atoms with Gasteiger partial charge in [0.15, 0.2) is 11.2 Å². The maximum Gasteiger partial charge on any atom is 0.330 e. The third kappa shape index (κ3) is 3.36. The van der Waals surface area contributed by atoms with Gasteiger partial charge in [-0.2, -0.15) is 0 Å². The fraction of sp³-hybridized carbons (Fsp3) is 0.200. The van der Waals surface area contributed by atoms with Gasteiger partial charge in [0.05, 0.1) is 0 Å². The molecular formula is C20H17ClFN5O2. The second-order valence-electron chi connectivity index (χ2n) is 6.59. The second kappa shape index (κ2) is 7.29. The molecule has 9 heteroatoms. The first kappa shape index (κ1) is 19.1. The van der Waals surface area contributed by atoms with Gasteiger partial charge in [0, 0.05) is 24.3 Å². The van der Waals surface area contributed by atoms with E-state index in [0.717, 1.165) is 5.56 Å². The first-order chi connectivity index (χ1) is 13.9. The van der Waals surface area contributed by atoms with E-state index in [1.54, 1.807) is 42.7 Å². The molecule has 0 spiro atoms. The number of benzene rings is 1. The molecule has 148 valence electrons. The largest absolute Gasteiger partial charge is 0.330 e. The highest BCUT2D eigenvalue weighted by atomic mass is 35.5. The zero-order chi connectivity index (χ0) is 20.7. The summed E-state index contributed by atoms with van der Waals surface area (Å²) in [6, 6.07) is 9.41. The Bertz CT molecular complexity index is 1340. The summed E-state index contributed by atoms with van der Waals surface area (Å²) in [7, 11) is 0. The molecule has 0 aliphatic carbocycles. The lowest BCUT2D eigenvalue weighted by molar-refractivity contribution is 0.626. The SMILES string of the molecule is CCn1c(=O)[nH]c(=O)c2c1nc(-c1ccc(Cl)nc1C)n2Cc1ccc(F)cc1. The topological polar surface area (TPSA) is 85.6 Å². The molecule has 3 heterocycles. The molecule has 4 rings (SSSR count). The predicted octanol–water partition coefficient (Wildman–Crippen LogP) is 3.12. The van der Waals surface area contributed by atoms with Gasteiger partial charge in [-0.15, -0.1) is 0 Å². The van der Waals surface area contributed by atoms with E-state index in [1.807, 2.05) is 0 Å². The van der Waals surface area contributed by atoms with Crippen LogP contribution in [0.4, 0.5) is 4.39 Å². The van der Waals surface area contributed by atoms with Crippen LogP contribution in [0.1, 0.15) is 18.2 Å². The van der Waals surface area contributed by atoms with Gasteiger partial charge in [-0.25, -0.2) is 19.2 Å². The van der Waals surface area contributed by atoms with E-state index in [-0.39, 0.29) is 23.5 Å². The lowest BCUT2D eigenvalue weighted by Crippen LogP contribution is -2.30. The number of fused-ring (bicyclic) bond motifs is 1. The van der Waals surface area contributed by atoms with Crippen molar-refractivity contribution in [2.75, 3.05) is 0 Å². The summed E-state index contributed by atoms with van der Waals surface area (Å²) in [5, 5.41) is 0.343. The summed E-state index contributed by atoms with van der Waals surface area (Å²) in [6.45, 7) is 4.20. The molecule has 29 heavy (non-hydrogen) atoms. The van der Waals surface area contributed by atoms with E-state index >= 15 is 0 Å². The van der Waals surface area contributed by atoms with Crippen molar-refractivity contribution < 1.29 is 4.39 Å². The van der Waals surface area contributed by atoms with Crippen LogP contribution in [-0.4, -0.2) is 24.1 Å². The Morgan fingerprint density at radius 3 is 2.45 bits per heavy atom. The molecule has 0 amide bonds. The number of halogens is 2. The van der Waals surface area contributed by atoms with Crippen molar-refractivity contribution in [1.82, 2.24) is 24.1 Å². The maximum atomic E-state index is 13.3. The van der Waals surface area contributed by atoms with Crippen molar-refractivity contribution in [2.45, 2.75) is 26.9 Å². The number of imidazole rings is 1. The van der Waals surface area contributed by atoms with Crippen molar-refractivity contribution in [2.24, 2.45) is 0 Å². The molecule has 1 N–H and O–H groups in total. The number of aryl methyl sites for hydroxylation is 2. The number of hydrogen-bond donors (Lipinski definition) is 1. The third-order valence-corrected chi connectivity index (χ3v) is 4.96. The fourth-order valence-electron chi connectivity index (χ4n) is 3.36. The molecule has 3 aromatic heterocycles. The number of H-pyrrole nitrogens is 1. The zero-order valence-electron chi connectivity index (χ0n) is 15.7. The quantitative estimate of drug-likeness (QED) is 0.521. The number of pyridine rings is 1. The minimum absolute atomic E-state index is 0.263. The lowest BCUT2D eigenvalue weighted by Gasteiger charge is -2.11. The van der Waals surface area contributed by atoms with Crippen LogP contribution in [0.5, 0.6) is 0 Å². The molecule has 4 aromatic rings. The summed E-state index contributed by atoms with van der Waals surface area (Å²) in [6.07, 6.45) is 0. The Morgan fingerprint density at radius 2 is 1.79 bits per heavy atom. The molecule has 1 aromatic carbocycles. The minimum Gasteiger partial charge on any atom is -0.314 e. The average molecular weight is 414 g/mol. The van der Waals surface area contributed by atoms with Gasteiger partial charge in [0.2, 0.25) is 0 Å². The van der Waals surface area contributed by atoms with E-state index in [0.29, 0.717) is 28.8 Å². The molecule has 0 radical (unpaired) electrons. The Morgan fingerprint density at radius 1 is 1.07 bits per heavy atom. The van der Waals surface area contributed by atoms with Crippen molar-refractivity contribution in [3.63, 3.8) is 0 Å². The molecule has 0 aliphatic rings. The number of nitrogens with zero attached hydrogens (tertiary/aromatic N) is 4. The molecule has 0 fully saturated rings. The van der Waals surface area contributed by atoms with Crippen molar-refractivity contribution in [1.29, 1.82) is 0 Å². The van der Waals surface area contributed by atoms with Crippen LogP contribution < -0.4 is 11.2 Å². The number of rotatable bonds is 4. The standard InChI is InChI=1S/C20H17ClFN5O2/c1-3-26-18-16(19(28)25-20(26)29)27(10-12-4-6-13(22)7-5-12)17(24-18)14-8-9-15(21)23-11(14)2/h4-9H,3,10H2,1-2H3,(H,25,28,29). The Kier molecular flexibility index (Phi) is 4.79. The van der Waals surface area contributed by atoms with Crippen molar-refractivity contribution >= 4 is 22.8 Å². The normalized spacial score (nSPS) is 11.3. The predicted molar refractivity (Wildman–Crippen MR) is 109 cm³/mol. The number of aromatic amines is 1. The highest BCUT2D eigenvalue weighted by Crippen LogP contribution is 2.27. The van der Waals surface area contributed by atoms with Crippen LogP contribution in [0.3, 0.4) is 0 Å². The monoisotopic (exact) mass is 413 g/mol. The molecule has 0 saturated carbocycles. The van der Waals surface area contributed by atoms with Crippen LogP contribution in [-0.2, 0) is 13.1 Å². The molecule has 0 unspecified atom stereocenters. The highest BCUT2D eigenvalue weighted by molar-refractivity contribution is 6.29. The zero-order valence-corrected chi connectivity index (χ0v) is 16.5. The van der Waals surface area contributed by atoms with Crippen molar-refractivity contribution in [3.05, 3.63) is 79.5 Å². The number of nitrogens with one attached hydrogen (secondary N) is 1. The first-order valence-electron chi connectivity index (χ1n) is 9.00. The van der Waals surface area contributed by atoms with Gasteiger partial charge in [-0.1, -0.05) is 23.7 Å². The molecule has 0 bridgehead atoms. The van der Waals surface area contributed by atoms with Crippen LogP contribution in [0.25, 0.3) is 22.6 Å². The molecule has 7 nitrogen and oxygen atoms in total. The molecule has 0 atom stereocenters. The van der Waals surface area contributed by atoms with Crippen molar-refractivity contribution in [3.8, 4) is 11.4 Å². The summed E-state index contributed by atoms with van der Waals surface area (Å²) in [4.78, 5) is 36.2. The number of hydrogen-bond acceptors (Lipinski definition) is 4. The Hall–Kier alpha value is -3.26. The second-order valence-corrected chi connectivity index (χ2v) is 6.98. The molecule has 0 saturated heterocycles. The van der Waals surface area contributed by atoms with Crippen LogP contribution >= 0.6 is 11.6 Å². The van der Waals surface area contributed by atoms with Crippen LogP contribution in [0, 0.1) is 12.7 Å². The van der Waals surface area contributed by atoms with Gasteiger partial charge in [0.25, 0.3) is 5.56 Å². The molecule has 0 aliphatic heterocycles. The maximum absolute atomic E-state index is 13.3. The van der Waals surface area contributed by atoms with E-state index in [4.69, 9.17) is 11.6 Å². The fourth-order valence-corrected chi connectivity index (χ4v) is 3.55. The lowest BCUT2D eigenvalue weighted by atomic mass is 10.1. The molecular weight excluding hydrogens is 397 g/mol. The van der Waals surface area contributed by atoms with E-state index in [9.17, 15) is 14.0 Å². The smallest absolute Gasteiger partial charge is 0.314 e. The summed E-state index contributed by atoms with van der Waals surface area (Å²) < 4.78 is 16.4. The van der Waals surface area contributed by atoms with Gasteiger partial charge in [-0.3, -0.25) is 14.3 Å². The Labute approximate surface area is 169 Å². The average Bonchev–Trinajstić information content (AvgIpc) is 3.03. The van der Waals surface area contributed by atoms with Crippen LogP contribution in [0.2, 0.25) is 5.15 Å². The van der Waals surface area contributed by atoms with Crippen LogP contribution in [0.15, 0.2) is 46.0 Å².